The lowest BCUT2D eigenvalue weighted by Crippen LogP contribution is -2.45. The smallest absolute Gasteiger partial charge is 0.0629 e. The van der Waals surface area contributed by atoms with Crippen LogP contribution in [0.2, 0.25) is 0 Å². The van der Waals surface area contributed by atoms with Gasteiger partial charge in [0.05, 0.1) is 12.2 Å². The van der Waals surface area contributed by atoms with Gasteiger partial charge in [-0.2, -0.15) is 0 Å². The molecular weight excluding hydrogens is 160 g/mol. The molecule has 0 aromatic heterocycles. The molecule has 78 valence electrons. The van der Waals surface area contributed by atoms with Crippen LogP contribution in [0.3, 0.4) is 0 Å². The molecule has 1 aliphatic heterocycles. The summed E-state index contributed by atoms with van der Waals surface area (Å²) in [6.45, 7) is 13.7. The summed E-state index contributed by atoms with van der Waals surface area (Å²) in [6, 6.07) is 0. The summed E-state index contributed by atoms with van der Waals surface area (Å²) in [4.78, 5) is 0. The van der Waals surface area contributed by atoms with Crippen molar-refractivity contribution in [3.05, 3.63) is 0 Å². The van der Waals surface area contributed by atoms with Gasteiger partial charge in [-0.3, -0.25) is 0 Å². The highest BCUT2D eigenvalue weighted by Crippen LogP contribution is 2.37. The predicted octanol–water partition coefficient (Wildman–Crippen LogP) is 3.34. The fourth-order valence-electron chi connectivity index (χ4n) is 2.47. The van der Waals surface area contributed by atoms with Gasteiger partial charge in [-0.05, 0) is 30.6 Å². The van der Waals surface area contributed by atoms with Crippen molar-refractivity contribution in [2.45, 2.75) is 53.8 Å². The highest BCUT2D eigenvalue weighted by atomic mass is 16.5. The molecule has 1 heteroatoms. The summed E-state index contributed by atoms with van der Waals surface area (Å²) < 4.78 is 6.04. The Morgan fingerprint density at radius 1 is 0.846 bits per heavy atom. The van der Waals surface area contributed by atoms with Crippen molar-refractivity contribution in [1.82, 2.24) is 0 Å². The maximum atomic E-state index is 6.04. The van der Waals surface area contributed by atoms with E-state index < -0.39 is 0 Å². The Balaban J connectivity index is 2.70. The van der Waals surface area contributed by atoms with Gasteiger partial charge in [-0.25, -0.2) is 0 Å². The van der Waals surface area contributed by atoms with Gasteiger partial charge >= 0.3 is 0 Å². The van der Waals surface area contributed by atoms with E-state index >= 15 is 0 Å². The Hall–Kier alpha value is -0.0400. The molecule has 5 atom stereocenters. The first-order chi connectivity index (χ1) is 5.95. The number of rotatable bonds is 1. The maximum absolute atomic E-state index is 6.04. The van der Waals surface area contributed by atoms with Crippen LogP contribution in [0.15, 0.2) is 0 Å². The molecule has 0 amide bonds. The molecule has 0 saturated carbocycles. The van der Waals surface area contributed by atoms with Crippen molar-refractivity contribution < 1.29 is 4.74 Å². The normalized spacial score (nSPS) is 46.8. The quantitative estimate of drug-likeness (QED) is 0.607. The minimum absolute atomic E-state index is 0.429. The summed E-state index contributed by atoms with van der Waals surface area (Å²) in [5.41, 5.74) is 0. The third kappa shape index (κ3) is 2.07. The first-order valence-electron chi connectivity index (χ1n) is 5.60. The zero-order chi connectivity index (χ0) is 10.2. The van der Waals surface area contributed by atoms with Gasteiger partial charge in [0.1, 0.15) is 0 Å². The van der Waals surface area contributed by atoms with Crippen LogP contribution in [0.1, 0.15) is 41.5 Å². The van der Waals surface area contributed by atoms with E-state index in [9.17, 15) is 0 Å². The zero-order valence-corrected chi connectivity index (χ0v) is 9.87. The SMILES string of the molecule is CC(C)[C@@H]1O[C@H](C)[C@H](C)[C@@H](C)[C@H]1C. The molecule has 1 saturated heterocycles. The number of ether oxygens (including phenoxy) is 1. The Bertz CT molecular complexity index is 165. The summed E-state index contributed by atoms with van der Waals surface area (Å²) in [5, 5.41) is 0. The van der Waals surface area contributed by atoms with Gasteiger partial charge < -0.3 is 4.74 Å². The van der Waals surface area contributed by atoms with Gasteiger partial charge in [0.15, 0.2) is 0 Å². The highest BCUT2D eigenvalue weighted by molar-refractivity contribution is 4.85. The largest absolute Gasteiger partial charge is 0.374 e. The van der Waals surface area contributed by atoms with Crippen LogP contribution in [-0.2, 0) is 4.74 Å². The highest BCUT2D eigenvalue weighted by Gasteiger charge is 2.37. The molecule has 1 fully saturated rings. The monoisotopic (exact) mass is 184 g/mol. The molecule has 0 N–H and O–H groups in total. The van der Waals surface area contributed by atoms with E-state index in [1.54, 1.807) is 0 Å². The standard InChI is InChI=1S/C12H24O/c1-7(2)12-10(5)8(3)9(4)11(6)13-12/h7-12H,1-6H3/t8-,9-,10-,11-,12+/m1/s1. The van der Waals surface area contributed by atoms with Gasteiger partial charge in [0.2, 0.25) is 0 Å². The number of hydrogen-bond acceptors (Lipinski definition) is 1. The molecule has 1 rings (SSSR count). The van der Waals surface area contributed by atoms with Crippen LogP contribution in [0.4, 0.5) is 0 Å². The van der Waals surface area contributed by atoms with Crippen molar-refractivity contribution in [2.75, 3.05) is 0 Å². The van der Waals surface area contributed by atoms with Gasteiger partial charge in [-0.15, -0.1) is 0 Å². The zero-order valence-electron chi connectivity index (χ0n) is 9.87. The van der Waals surface area contributed by atoms with Crippen molar-refractivity contribution >= 4 is 0 Å². The van der Waals surface area contributed by atoms with Crippen molar-refractivity contribution in [3.63, 3.8) is 0 Å². The van der Waals surface area contributed by atoms with E-state index in [1.165, 1.54) is 0 Å². The average Bonchev–Trinajstić information content (AvgIpc) is 2.07. The van der Waals surface area contributed by atoms with E-state index in [2.05, 4.69) is 41.5 Å². The third-order valence-electron chi connectivity index (χ3n) is 3.95. The minimum Gasteiger partial charge on any atom is -0.374 e. The Kier molecular flexibility index (Phi) is 3.39. The van der Waals surface area contributed by atoms with Gasteiger partial charge in [0, 0.05) is 0 Å². The lowest BCUT2D eigenvalue weighted by molar-refractivity contribution is -0.141. The molecule has 0 unspecified atom stereocenters. The van der Waals surface area contributed by atoms with Crippen LogP contribution in [-0.4, -0.2) is 12.2 Å². The fourth-order valence-corrected chi connectivity index (χ4v) is 2.47. The molecule has 1 heterocycles. The van der Waals surface area contributed by atoms with Crippen molar-refractivity contribution in [3.8, 4) is 0 Å². The lowest BCUT2D eigenvalue weighted by Gasteiger charge is -2.44. The summed E-state index contributed by atoms with van der Waals surface area (Å²) >= 11 is 0. The second-order valence-corrected chi connectivity index (χ2v) is 5.13. The molecule has 0 aromatic rings. The first-order valence-corrected chi connectivity index (χ1v) is 5.60. The molecular formula is C12H24O. The Morgan fingerprint density at radius 3 is 1.85 bits per heavy atom. The Morgan fingerprint density at radius 2 is 1.38 bits per heavy atom. The second kappa shape index (κ2) is 4.00. The van der Waals surface area contributed by atoms with Crippen LogP contribution in [0.5, 0.6) is 0 Å². The molecule has 0 bridgehead atoms. The van der Waals surface area contributed by atoms with E-state index in [-0.39, 0.29) is 0 Å². The van der Waals surface area contributed by atoms with E-state index in [0.717, 1.165) is 5.92 Å². The van der Waals surface area contributed by atoms with Crippen molar-refractivity contribution in [1.29, 1.82) is 0 Å². The fraction of sp³-hybridized carbons (Fsp3) is 1.00. The van der Waals surface area contributed by atoms with Crippen LogP contribution in [0.25, 0.3) is 0 Å². The summed E-state index contributed by atoms with van der Waals surface area (Å²) in [7, 11) is 0. The summed E-state index contributed by atoms with van der Waals surface area (Å²) in [6.07, 6.45) is 0.889. The van der Waals surface area contributed by atoms with E-state index in [4.69, 9.17) is 4.74 Å². The maximum Gasteiger partial charge on any atom is 0.0629 e. The topological polar surface area (TPSA) is 9.23 Å². The molecule has 0 spiro atoms. The predicted molar refractivity (Wildman–Crippen MR) is 56.7 cm³/mol. The van der Waals surface area contributed by atoms with Gasteiger partial charge in [0.25, 0.3) is 0 Å². The molecule has 0 aromatic carbocycles. The molecule has 0 radical (unpaired) electrons. The van der Waals surface area contributed by atoms with E-state index in [1.807, 2.05) is 0 Å². The van der Waals surface area contributed by atoms with Gasteiger partial charge in [-0.1, -0.05) is 34.6 Å². The molecule has 1 aliphatic rings. The molecule has 13 heavy (non-hydrogen) atoms. The molecule has 1 nitrogen and oxygen atoms in total. The molecule has 0 aliphatic carbocycles. The van der Waals surface area contributed by atoms with E-state index in [0.29, 0.717) is 30.0 Å². The van der Waals surface area contributed by atoms with Crippen LogP contribution in [0, 0.1) is 23.7 Å². The second-order valence-electron chi connectivity index (χ2n) is 5.13. The Labute approximate surface area is 82.9 Å². The number of hydrogen-bond donors (Lipinski definition) is 0. The lowest BCUT2D eigenvalue weighted by atomic mass is 9.74. The average molecular weight is 184 g/mol. The summed E-state index contributed by atoms with van der Waals surface area (Å²) in [5.74, 6) is 2.83. The first kappa shape index (κ1) is 11.0. The van der Waals surface area contributed by atoms with Crippen LogP contribution < -0.4 is 0 Å². The third-order valence-corrected chi connectivity index (χ3v) is 3.95. The minimum atomic E-state index is 0.429. The van der Waals surface area contributed by atoms with Crippen LogP contribution >= 0.6 is 0 Å². The van der Waals surface area contributed by atoms with Crippen molar-refractivity contribution in [2.24, 2.45) is 23.7 Å².